The summed E-state index contributed by atoms with van der Waals surface area (Å²) >= 11 is 0. The zero-order chi connectivity index (χ0) is 25.8. The summed E-state index contributed by atoms with van der Waals surface area (Å²) in [5.41, 5.74) is 10.8. The summed E-state index contributed by atoms with van der Waals surface area (Å²) in [6.07, 6.45) is 0. The second kappa shape index (κ2) is 7.17. The minimum Gasteiger partial charge on any atom is -0.456 e. The van der Waals surface area contributed by atoms with E-state index in [0.717, 1.165) is 11.2 Å². The molecule has 0 bridgehead atoms. The highest BCUT2D eigenvalue weighted by Crippen LogP contribution is 2.56. The lowest BCUT2D eigenvalue weighted by Gasteiger charge is -2.48. The van der Waals surface area contributed by atoms with Crippen molar-refractivity contribution in [3.05, 3.63) is 114 Å². The van der Waals surface area contributed by atoms with Crippen LogP contribution in [0.2, 0.25) is 0 Å². The molecule has 0 spiro atoms. The molecule has 7 aromatic rings. The van der Waals surface area contributed by atoms with Crippen LogP contribution >= 0.6 is 0 Å². The normalized spacial score (nSPS) is 15.8. The van der Waals surface area contributed by atoms with Crippen LogP contribution in [0.15, 0.2) is 108 Å². The number of fused-ring (bicyclic) bond motifs is 10. The van der Waals surface area contributed by atoms with Gasteiger partial charge in [0.2, 0.25) is 0 Å². The molecule has 2 heterocycles. The van der Waals surface area contributed by atoms with Crippen LogP contribution in [-0.2, 0) is 10.8 Å². The summed E-state index contributed by atoms with van der Waals surface area (Å²) in [6, 6.07) is 37.5. The summed E-state index contributed by atoms with van der Waals surface area (Å²) < 4.78 is 8.76. The molecule has 5 aromatic carbocycles. The van der Waals surface area contributed by atoms with Gasteiger partial charge in [-0.3, -0.25) is 0 Å². The Balaban J connectivity index is 1.49. The lowest BCUT2D eigenvalue weighted by molar-refractivity contribution is 0.299. The molecule has 8 rings (SSSR count). The van der Waals surface area contributed by atoms with E-state index < -0.39 is 0 Å². The van der Waals surface area contributed by atoms with Crippen LogP contribution in [-0.4, -0.2) is 4.57 Å². The zero-order valence-corrected chi connectivity index (χ0v) is 22.2. The van der Waals surface area contributed by atoms with E-state index in [2.05, 4.69) is 135 Å². The number of para-hydroxylation sites is 3. The molecule has 184 valence electrons. The highest BCUT2D eigenvalue weighted by Gasteiger charge is 2.46. The van der Waals surface area contributed by atoms with Crippen molar-refractivity contribution in [2.75, 3.05) is 0 Å². The van der Waals surface area contributed by atoms with Gasteiger partial charge in [0.15, 0.2) is 0 Å². The lowest BCUT2D eigenvalue weighted by Crippen LogP contribution is -2.43. The molecule has 2 heteroatoms. The Bertz CT molecular complexity index is 2030. The van der Waals surface area contributed by atoms with Gasteiger partial charge >= 0.3 is 0 Å². The number of hydrogen-bond acceptors (Lipinski definition) is 1. The highest BCUT2D eigenvalue weighted by molar-refractivity contribution is 6.14. The van der Waals surface area contributed by atoms with Crippen molar-refractivity contribution in [1.29, 1.82) is 0 Å². The van der Waals surface area contributed by atoms with Crippen molar-refractivity contribution < 1.29 is 4.42 Å². The van der Waals surface area contributed by atoms with Gasteiger partial charge in [0, 0.05) is 27.2 Å². The zero-order valence-electron chi connectivity index (χ0n) is 22.2. The first-order valence-electron chi connectivity index (χ1n) is 13.5. The molecule has 0 saturated heterocycles. The van der Waals surface area contributed by atoms with Gasteiger partial charge in [0.1, 0.15) is 11.2 Å². The second-order valence-electron chi connectivity index (χ2n) is 11.8. The molecule has 0 unspecified atom stereocenters. The topological polar surface area (TPSA) is 18.1 Å². The fourth-order valence-corrected chi connectivity index (χ4v) is 6.90. The average Bonchev–Trinajstić information content (AvgIpc) is 3.47. The van der Waals surface area contributed by atoms with Crippen LogP contribution in [0.3, 0.4) is 0 Å². The van der Waals surface area contributed by atoms with Gasteiger partial charge in [0.05, 0.1) is 11.0 Å². The molecule has 0 fully saturated rings. The maximum atomic E-state index is 6.33. The minimum absolute atomic E-state index is 0.0820. The summed E-state index contributed by atoms with van der Waals surface area (Å²) in [5.74, 6) is 0. The number of hydrogen-bond donors (Lipinski definition) is 0. The maximum absolute atomic E-state index is 6.33. The van der Waals surface area contributed by atoms with Gasteiger partial charge in [-0.15, -0.1) is 0 Å². The Kier molecular flexibility index (Phi) is 4.10. The Hall–Kier alpha value is -4.30. The standard InChI is InChI=1S/C36H29NO/c1-35(2)27-19-20-32-34(26-13-7-10-16-31(26)38-32)33(27)25-18-17-22(21-28(25)36(35,3)4)37-29-14-8-5-11-23(29)24-12-6-9-15-30(24)37/h5-21H,1-4H3. The van der Waals surface area contributed by atoms with E-state index in [4.69, 9.17) is 4.42 Å². The smallest absolute Gasteiger partial charge is 0.136 e. The fraction of sp³-hybridized carbons (Fsp3) is 0.167. The largest absolute Gasteiger partial charge is 0.456 e. The second-order valence-corrected chi connectivity index (χ2v) is 11.8. The van der Waals surface area contributed by atoms with Crippen LogP contribution in [0.1, 0.15) is 38.8 Å². The van der Waals surface area contributed by atoms with Gasteiger partial charge in [-0.2, -0.15) is 0 Å². The molecule has 38 heavy (non-hydrogen) atoms. The Morgan fingerprint density at radius 2 is 1.16 bits per heavy atom. The third kappa shape index (κ3) is 2.58. The van der Waals surface area contributed by atoms with E-state index in [0.29, 0.717) is 0 Å². The fourth-order valence-electron chi connectivity index (χ4n) is 6.90. The van der Waals surface area contributed by atoms with Crippen molar-refractivity contribution in [3.8, 4) is 16.8 Å². The van der Waals surface area contributed by atoms with Crippen LogP contribution in [0, 0.1) is 0 Å². The lowest BCUT2D eigenvalue weighted by atomic mass is 9.55. The molecule has 0 aliphatic heterocycles. The summed E-state index contributed by atoms with van der Waals surface area (Å²) in [7, 11) is 0. The summed E-state index contributed by atoms with van der Waals surface area (Å²) in [4.78, 5) is 0. The number of nitrogens with zero attached hydrogens (tertiary/aromatic N) is 1. The molecule has 2 nitrogen and oxygen atoms in total. The van der Waals surface area contributed by atoms with E-state index in [1.54, 1.807) is 0 Å². The molecule has 1 aliphatic carbocycles. The first-order chi connectivity index (χ1) is 18.4. The first-order valence-corrected chi connectivity index (χ1v) is 13.5. The summed E-state index contributed by atoms with van der Waals surface area (Å²) in [5, 5.41) is 4.99. The van der Waals surface area contributed by atoms with Crippen molar-refractivity contribution in [1.82, 2.24) is 4.57 Å². The van der Waals surface area contributed by atoms with Gasteiger partial charge in [-0.25, -0.2) is 0 Å². The third-order valence-electron chi connectivity index (χ3n) is 9.56. The number of furan rings is 1. The van der Waals surface area contributed by atoms with Crippen LogP contribution < -0.4 is 0 Å². The maximum Gasteiger partial charge on any atom is 0.136 e. The highest BCUT2D eigenvalue weighted by atomic mass is 16.3. The van der Waals surface area contributed by atoms with Gasteiger partial charge in [-0.1, -0.05) is 94.4 Å². The van der Waals surface area contributed by atoms with Gasteiger partial charge in [-0.05, 0) is 69.5 Å². The SMILES string of the molecule is CC1(C)c2cc(-n3c4ccccc4c4ccccc43)ccc2-c2c(ccc3oc4ccccc4c23)C1(C)C. The minimum atomic E-state index is -0.0860. The molecule has 1 aliphatic rings. The monoisotopic (exact) mass is 491 g/mol. The van der Waals surface area contributed by atoms with Gasteiger partial charge in [0.25, 0.3) is 0 Å². The molecule has 0 amide bonds. The predicted octanol–water partition coefficient (Wildman–Crippen LogP) is 9.92. The van der Waals surface area contributed by atoms with E-state index in [9.17, 15) is 0 Å². The van der Waals surface area contributed by atoms with Crippen molar-refractivity contribution >= 4 is 43.7 Å². The van der Waals surface area contributed by atoms with E-state index in [1.165, 1.54) is 60.5 Å². The first kappa shape index (κ1) is 21.8. The van der Waals surface area contributed by atoms with Crippen LogP contribution in [0.25, 0.3) is 60.6 Å². The molecular weight excluding hydrogens is 462 g/mol. The van der Waals surface area contributed by atoms with Crippen molar-refractivity contribution in [3.63, 3.8) is 0 Å². The average molecular weight is 492 g/mol. The molecule has 0 saturated carbocycles. The number of benzene rings is 5. The van der Waals surface area contributed by atoms with E-state index in [1.807, 2.05) is 0 Å². The quantitative estimate of drug-likeness (QED) is 0.223. The number of aromatic nitrogens is 1. The van der Waals surface area contributed by atoms with Crippen molar-refractivity contribution in [2.45, 2.75) is 38.5 Å². The van der Waals surface area contributed by atoms with E-state index in [-0.39, 0.29) is 10.8 Å². The predicted molar refractivity (Wildman–Crippen MR) is 160 cm³/mol. The Morgan fingerprint density at radius 1 is 0.553 bits per heavy atom. The molecule has 2 aromatic heterocycles. The van der Waals surface area contributed by atoms with Gasteiger partial charge < -0.3 is 8.98 Å². The molecule has 0 radical (unpaired) electrons. The number of rotatable bonds is 1. The Morgan fingerprint density at radius 3 is 1.87 bits per heavy atom. The Labute approximate surface area is 222 Å². The molecule has 0 N–H and O–H groups in total. The van der Waals surface area contributed by atoms with E-state index >= 15 is 0 Å². The van der Waals surface area contributed by atoms with Crippen LogP contribution in [0.5, 0.6) is 0 Å². The summed E-state index contributed by atoms with van der Waals surface area (Å²) in [6.45, 7) is 9.61. The molecular formula is C36H29NO. The van der Waals surface area contributed by atoms with Crippen molar-refractivity contribution in [2.24, 2.45) is 0 Å². The van der Waals surface area contributed by atoms with Crippen LogP contribution in [0.4, 0.5) is 0 Å². The molecule has 0 atom stereocenters. The third-order valence-corrected chi connectivity index (χ3v) is 9.56.